The zero-order chi connectivity index (χ0) is 9.52. The summed E-state index contributed by atoms with van der Waals surface area (Å²) in [6.07, 6.45) is 3.53. The number of benzene rings is 1. The van der Waals surface area contributed by atoms with Crippen molar-refractivity contribution in [1.29, 1.82) is 0 Å². The number of hydrogen-bond donors (Lipinski definition) is 0. The van der Waals surface area contributed by atoms with Gasteiger partial charge in [-0.05, 0) is 18.6 Å². The maximum atomic E-state index is 5.29. The first-order valence-electron chi connectivity index (χ1n) is 4.26. The highest BCUT2D eigenvalue weighted by Crippen LogP contribution is 2.01. The third-order valence-corrected chi connectivity index (χ3v) is 1.54. The average molecular weight is 174 g/mol. The summed E-state index contributed by atoms with van der Waals surface area (Å²) >= 11 is 0. The van der Waals surface area contributed by atoms with E-state index in [4.69, 9.17) is 4.74 Å². The van der Waals surface area contributed by atoms with Gasteiger partial charge in [-0.25, -0.2) is 0 Å². The van der Waals surface area contributed by atoms with E-state index < -0.39 is 0 Å². The largest absolute Gasteiger partial charge is 0.497 e. The van der Waals surface area contributed by atoms with Crippen molar-refractivity contribution in [1.82, 2.24) is 0 Å². The fourth-order valence-electron chi connectivity index (χ4n) is 0.883. The first-order valence-corrected chi connectivity index (χ1v) is 4.26. The minimum absolute atomic E-state index is 0.616. The maximum Gasteiger partial charge on any atom is 0.112 e. The predicted octanol–water partition coefficient (Wildman–Crippen LogP) is 3.29. The summed E-state index contributed by atoms with van der Waals surface area (Å²) in [7, 11) is 0. The molecule has 0 N–H and O–H groups in total. The standard InChI is InChI=1S/C12H14O/c1-11(2)8-9-13-10-12-6-4-3-5-7-12/h3-9H,1,10H2,2H3/b9-8+. The number of allylic oxidation sites excluding steroid dienone is 2. The van der Waals surface area contributed by atoms with Gasteiger partial charge < -0.3 is 4.74 Å². The van der Waals surface area contributed by atoms with Crippen LogP contribution in [0.1, 0.15) is 12.5 Å². The fraction of sp³-hybridized carbons (Fsp3) is 0.167. The van der Waals surface area contributed by atoms with Crippen LogP contribution >= 0.6 is 0 Å². The molecule has 0 aliphatic carbocycles. The molecule has 0 aliphatic heterocycles. The van der Waals surface area contributed by atoms with Gasteiger partial charge in [0.15, 0.2) is 0 Å². The van der Waals surface area contributed by atoms with E-state index in [2.05, 4.69) is 6.58 Å². The molecule has 1 heteroatoms. The van der Waals surface area contributed by atoms with Gasteiger partial charge >= 0.3 is 0 Å². The molecule has 0 unspecified atom stereocenters. The van der Waals surface area contributed by atoms with Gasteiger partial charge in [0.2, 0.25) is 0 Å². The van der Waals surface area contributed by atoms with Crippen LogP contribution in [0.2, 0.25) is 0 Å². The second-order valence-corrected chi connectivity index (χ2v) is 2.95. The average Bonchev–Trinajstić information content (AvgIpc) is 2.14. The molecule has 0 saturated heterocycles. The summed E-state index contributed by atoms with van der Waals surface area (Å²) in [5, 5.41) is 0. The Balaban J connectivity index is 2.32. The lowest BCUT2D eigenvalue weighted by Crippen LogP contribution is -1.84. The van der Waals surface area contributed by atoms with Crippen molar-refractivity contribution in [3.05, 3.63) is 60.4 Å². The van der Waals surface area contributed by atoms with Crippen molar-refractivity contribution in [2.45, 2.75) is 13.5 Å². The van der Waals surface area contributed by atoms with E-state index in [1.165, 1.54) is 5.56 Å². The van der Waals surface area contributed by atoms with Gasteiger partial charge in [0, 0.05) is 0 Å². The van der Waals surface area contributed by atoms with Gasteiger partial charge in [-0.3, -0.25) is 0 Å². The van der Waals surface area contributed by atoms with Crippen LogP contribution < -0.4 is 0 Å². The third-order valence-electron chi connectivity index (χ3n) is 1.54. The second-order valence-electron chi connectivity index (χ2n) is 2.95. The summed E-state index contributed by atoms with van der Waals surface area (Å²) in [4.78, 5) is 0. The van der Waals surface area contributed by atoms with Crippen molar-refractivity contribution in [2.24, 2.45) is 0 Å². The Morgan fingerprint density at radius 1 is 1.38 bits per heavy atom. The summed E-state index contributed by atoms with van der Waals surface area (Å²) < 4.78 is 5.29. The van der Waals surface area contributed by atoms with E-state index in [-0.39, 0.29) is 0 Å². The highest BCUT2D eigenvalue weighted by atomic mass is 16.5. The molecule has 1 aromatic carbocycles. The molecule has 0 radical (unpaired) electrons. The molecule has 0 atom stereocenters. The molecule has 13 heavy (non-hydrogen) atoms. The Labute approximate surface area is 79.4 Å². The summed E-state index contributed by atoms with van der Waals surface area (Å²) in [6, 6.07) is 10.1. The molecule has 1 aromatic rings. The Hall–Kier alpha value is -1.50. The number of hydrogen-bond acceptors (Lipinski definition) is 1. The molecule has 0 aromatic heterocycles. The quantitative estimate of drug-likeness (QED) is 0.502. The molecule has 0 aliphatic rings. The normalized spacial score (nSPS) is 10.2. The summed E-state index contributed by atoms with van der Waals surface area (Å²) in [6.45, 7) is 6.28. The lowest BCUT2D eigenvalue weighted by molar-refractivity contribution is 0.236. The van der Waals surface area contributed by atoms with E-state index in [9.17, 15) is 0 Å². The SMILES string of the molecule is C=C(C)/C=C/OCc1ccccc1. The van der Waals surface area contributed by atoms with Gasteiger partial charge in [-0.1, -0.05) is 42.5 Å². The van der Waals surface area contributed by atoms with E-state index >= 15 is 0 Å². The number of ether oxygens (including phenoxy) is 1. The van der Waals surface area contributed by atoms with Crippen molar-refractivity contribution >= 4 is 0 Å². The molecular formula is C12H14O. The zero-order valence-electron chi connectivity index (χ0n) is 7.86. The van der Waals surface area contributed by atoms with Crippen LogP contribution in [0.3, 0.4) is 0 Å². The van der Waals surface area contributed by atoms with E-state index in [0.29, 0.717) is 6.61 Å². The van der Waals surface area contributed by atoms with Gasteiger partial charge in [0.05, 0.1) is 6.26 Å². The van der Waals surface area contributed by atoms with Crippen molar-refractivity contribution in [3.8, 4) is 0 Å². The smallest absolute Gasteiger partial charge is 0.112 e. The third kappa shape index (κ3) is 4.16. The van der Waals surface area contributed by atoms with Gasteiger partial charge in [-0.2, -0.15) is 0 Å². The molecule has 68 valence electrons. The Morgan fingerprint density at radius 2 is 2.08 bits per heavy atom. The molecule has 0 saturated carbocycles. The molecule has 1 nitrogen and oxygen atoms in total. The van der Waals surface area contributed by atoms with Crippen molar-refractivity contribution in [2.75, 3.05) is 0 Å². The lowest BCUT2D eigenvalue weighted by atomic mass is 10.2. The monoisotopic (exact) mass is 174 g/mol. The zero-order valence-corrected chi connectivity index (χ0v) is 7.86. The van der Waals surface area contributed by atoms with E-state index in [0.717, 1.165) is 5.57 Å². The Kier molecular flexibility index (Phi) is 3.83. The van der Waals surface area contributed by atoms with Crippen LogP contribution in [-0.4, -0.2) is 0 Å². The summed E-state index contributed by atoms with van der Waals surface area (Å²) in [5.41, 5.74) is 2.17. The minimum Gasteiger partial charge on any atom is -0.497 e. The predicted molar refractivity (Wildman–Crippen MR) is 55.2 cm³/mol. The topological polar surface area (TPSA) is 9.23 Å². The number of rotatable bonds is 4. The molecule has 0 fully saturated rings. The van der Waals surface area contributed by atoms with E-state index in [1.807, 2.05) is 43.3 Å². The van der Waals surface area contributed by atoms with Crippen LogP contribution in [0.4, 0.5) is 0 Å². The maximum absolute atomic E-state index is 5.29. The Bertz CT molecular complexity index is 285. The van der Waals surface area contributed by atoms with Crippen LogP contribution in [0.25, 0.3) is 0 Å². The highest BCUT2D eigenvalue weighted by Gasteiger charge is 1.87. The minimum atomic E-state index is 0.616. The van der Waals surface area contributed by atoms with Gasteiger partial charge in [0.25, 0.3) is 0 Å². The van der Waals surface area contributed by atoms with Crippen molar-refractivity contribution in [3.63, 3.8) is 0 Å². The first-order chi connectivity index (χ1) is 6.29. The molecule has 0 bridgehead atoms. The first kappa shape index (κ1) is 9.59. The molecule has 0 heterocycles. The molecule has 0 spiro atoms. The van der Waals surface area contributed by atoms with Crippen LogP contribution in [0.15, 0.2) is 54.8 Å². The summed E-state index contributed by atoms with van der Waals surface area (Å²) in [5.74, 6) is 0. The van der Waals surface area contributed by atoms with Crippen LogP contribution in [0.5, 0.6) is 0 Å². The van der Waals surface area contributed by atoms with Gasteiger partial charge in [0.1, 0.15) is 6.61 Å². The van der Waals surface area contributed by atoms with Crippen LogP contribution in [-0.2, 0) is 11.3 Å². The van der Waals surface area contributed by atoms with E-state index in [1.54, 1.807) is 6.26 Å². The second kappa shape index (κ2) is 5.20. The molecule has 1 rings (SSSR count). The fourth-order valence-corrected chi connectivity index (χ4v) is 0.883. The lowest BCUT2D eigenvalue weighted by Gasteiger charge is -1.99. The van der Waals surface area contributed by atoms with Gasteiger partial charge in [-0.15, -0.1) is 0 Å². The molecule has 0 amide bonds. The van der Waals surface area contributed by atoms with Crippen molar-refractivity contribution < 1.29 is 4.74 Å². The Morgan fingerprint density at radius 3 is 2.69 bits per heavy atom. The molecular weight excluding hydrogens is 160 g/mol. The van der Waals surface area contributed by atoms with Crippen LogP contribution in [0, 0.1) is 0 Å². The highest BCUT2D eigenvalue weighted by molar-refractivity contribution is 5.14.